The number of nitrogens with one attached hydrogen (secondary N) is 1. The summed E-state index contributed by atoms with van der Waals surface area (Å²) in [7, 11) is 0. The van der Waals surface area contributed by atoms with Crippen LogP contribution in [0.5, 0.6) is 0 Å². The van der Waals surface area contributed by atoms with E-state index in [9.17, 15) is 9.90 Å². The van der Waals surface area contributed by atoms with E-state index in [1.807, 2.05) is 0 Å². The molecule has 0 spiro atoms. The summed E-state index contributed by atoms with van der Waals surface area (Å²) >= 11 is 0. The summed E-state index contributed by atoms with van der Waals surface area (Å²) in [6.45, 7) is 0.668. The quantitative estimate of drug-likeness (QED) is 0.669. The first-order valence-corrected chi connectivity index (χ1v) is 6.76. The maximum absolute atomic E-state index is 12.1. The SMILES string of the molecule is NCC1(CC(=O)NC2(CO)CCCC2)CCC1. The molecule has 0 atom stereocenters. The number of amides is 1. The fraction of sp³-hybridized carbons (Fsp3) is 0.923. The molecular weight excluding hydrogens is 216 g/mol. The van der Waals surface area contributed by atoms with Crippen molar-refractivity contribution in [1.82, 2.24) is 5.32 Å². The fourth-order valence-electron chi connectivity index (χ4n) is 3.18. The van der Waals surface area contributed by atoms with Crippen LogP contribution in [0.3, 0.4) is 0 Å². The second-order valence-electron chi connectivity index (χ2n) is 5.93. The number of carbonyl (C=O) groups is 1. The lowest BCUT2D eigenvalue weighted by atomic mass is 9.66. The Hall–Kier alpha value is -0.610. The van der Waals surface area contributed by atoms with E-state index in [0.717, 1.165) is 38.5 Å². The molecule has 0 radical (unpaired) electrons. The maximum Gasteiger partial charge on any atom is 0.221 e. The number of carbonyl (C=O) groups excluding carboxylic acids is 1. The highest BCUT2D eigenvalue weighted by Crippen LogP contribution is 2.43. The third-order valence-corrected chi connectivity index (χ3v) is 4.65. The van der Waals surface area contributed by atoms with Crippen LogP contribution < -0.4 is 11.1 Å². The second kappa shape index (κ2) is 4.94. The molecule has 0 aromatic rings. The van der Waals surface area contributed by atoms with Gasteiger partial charge in [-0.25, -0.2) is 0 Å². The maximum atomic E-state index is 12.1. The molecule has 1 amide bonds. The molecule has 4 nitrogen and oxygen atoms in total. The largest absolute Gasteiger partial charge is 0.394 e. The first-order valence-electron chi connectivity index (χ1n) is 6.76. The van der Waals surface area contributed by atoms with Crippen molar-refractivity contribution >= 4 is 5.91 Å². The van der Waals surface area contributed by atoms with Gasteiger partial charge in [-0.05, 0) is 37.6 Å². The Bertz CT molecular complexity index is 276. The van der Waals surface area contributed by atoms with Gasteiger partial charge in [0.1, 0.15) is 0 Å². The summed E-state index contributed by atoms with van der Waals surface area (Å²) in [6, 6.07) is 0. The number of nitrogens with two attached hydrogens (primary N) is 1. The van der Waals surface area contributed by atoms with E-state index in [1.165, 1.54) is 6.42 Å². The van der Waals surface area contributed by atoms with Crippen LogP contribution >= 0.6 is 0 Å². The van der Waals surface area contributed by atoms with E-state index < -0.39 is 0 Å². The van der Waals surface area contributed by atoms with Crippen LogP contribution in [0.25, 0.3) is 0 Å². The Balaban J connectivity index is 1.88. The lowest BCUT2D eigenvalue weighted by Crippen LogP contribution is -2.51. The molecule has 4 heteroatoms. The predicted molar refractivity (Wildman–Crippen MR) is 66.4 cm³/mol. The summed E-state index contributed by atoms with van der Waals surface area (Å²) in [4.78, 5) is 12.1. The number of aliphatic hydroxyl groups is 1. The van der Waals surface area contributed by atoms with Gasteiger partial charge >= 0.3 is 0 Å². The molecule has 0 unspecified atom stereocenters. The molecule has 2 aliphatic carbocycles. The van der Waals surface area contributed by atoms with Crippen LogP contribution in [0.15, 0.2) is 0 Å². The van der Waals surface area contributed by atoms with Crippen LogP contribution in [0, 0.1) is 5.41 Å². The zero-order valence-corrected chi connectivity index (χ0v) is 10.5. The Labute approximate surface area is 103 Å². The number of hydrogen-bond acceptors (Lipinski definition) is 3. The standard InChI is InChI=1S/C13H24N2O2/c14-9-12(4-3-5-12)8-11(17)15-13(10-16)6-1-2-7-13/h16H,1-10,14H2,(H,15,17). The molecular formula is C13H24N2O2. The fourth-order valence-corrected chi connectivity index (χ4v) is 3.18. The van der Waals surface area contributed by atoms with Crippen LogP contribution in [-0.2, 0) is 4.79 Å². The van der Waals surface area contributed by atoms with Crippen molar-refractivity contribution in [3.05, 3.63) is 0 Å². The monoisotopic (exact) mass is 240 g/mol. The van der Waals surface area contributed by atoms with Crippen molar-refractivity contribution < 1.29 is 9.90 Å². The van der Waals surface area contributed by atoms with E-state index in [-0.39, 0.29) is 23.5 Å². The topological polar surface area (TPSA) is 75.4 Å². The Morgan fingerprint density at radius 2 is 1.82 bits per heavy atom. The molecule has 2 rings (SSSR count). The Kier molecular flexibility index (Phi) is 3.73. The average molecular weight is 240 g/mol. The van der Waals surface area contributed by atoms with Crippen LogP contribution in [0.1, 0.15) is 51.4 Å². The lowest BCUT2D eigenvalue weighted by Gasteiger charge is -2.41. The van der Waals surface area contributed by atoms with Gasteiger partial charge in [-0.3, -0.25) is 4.79 Å². The van der Waals surface area contributed by atoms with Gasteiger partial charge in [0, 0.05) is 6.42 Å². The van der Waals surface area contributed by atoms with Gasteiger partial charge in [0.25, 0.3) is 0 Å². The molecule has 0 aromatic heterocycles. The first-order chi connectivity index (χ1) is 8.14. The first kappa shape index (κ1) is 12.8. The highest BCUT2D eigenvalue weighted by atomic mass is 16.3. The minimum atomic E-state index is -0.337. The molecule has 2 saturated carbocycles. The lowest BCUT2D eigenvalue weighted by molar-refractivity contribution is -0.127. The minimum Gasteiger partial charge on any atom is -0.394 e. The minimum absolute atomic E-state index is 0.0549. The average Bonchev–Trinajstić information content (AvgIpc) is 2.73. The summed E-state index contributed by atoms with van der Waals surface area (Å²) in [5.74, 6) is 0.0751. The van der Waals surface area contributed by atoms with Crippen LogP contribution in [0.4, 0.5) is 0 Å². The van der Waals surface area contributed by atoms with Crippen molar-refractivity contribution in [2.45, 2.75) is 56.9 Å². The van der Waals surface area contributed by atoms with Crippen molar-refractivity contribution in [2.24, 2.45) is 11.1 Å². The molecule has 0 aliphatic heterocycles. The summed E-state index contributed by atoms with van der Waals surface area (Å²) < 4.78 is 0. The van der Waals surface area contributed by atoms with Crippen molar-refractivity contribution in [3.8, 4) is 0 Å². The molecule has 17 heavy (non-hydrogen) atoms. The number of rotatable bonds is 5. The Morgan fingerprint density at radius 1 is 1.18 bits per heavy atom. The highest BCUT2D eigenvalue weighted by Gasteiger charge is 2.40. The second-order valence-corrected chi connectivity index (χ2v) is 5.93. The summed E-state index contributed by atoms with van der Waals surface area (Å²) in [6.07, 6.45) is 7.88. The van der Waals surface area contributed by atoms with Crippen molar-refractivity contribution in [3.63, 3.8) is 0 Å². The molecule has 0 saturated heterocycles. The van der Waals surface area contributed by atoms with E-state index in [1.54, 1.807) is 0 Å². The van der Waals surface area contributed by atoms with Gasteiger partial charge in [0.2, 0.25) is 5.91 Å². The van der Waals surface area contributed by atoms with Gasteiger partial charge in [-0.1, -0.05) is 19.3 Å². The molecule has 2 aliphatic rings. The molecule has 0 bridgehead atoms. The molecule has 98 valence electrons. The molecule has 0 aromatic carbocycles. The van der Waals surface area contributed by atoms with Crippen LogP contribution in [-0.4, -0.2) is 29.7 Å². The van der Waals surface area contributed by atoms with Gasteiger partial charge in [-0.15, -0.1) is 0 Å². The summed E-state index contributed by atoms with van der Waals surface area (Å²) in [5, 5.41) is 12.5. The summed E-state index contributed by atoms with van der Waals surface area (Å²) in [5.41, 5.74) is 5.48. The van der Waals surface area contributed by atoms with E-state index >= 15 is 0 Å². The van der Waals surface area contributed by atoms with E-state index in [4.69, 9.17) is 5.73 Å². The molecule has 4 N–H and O–H groups in total. The van der Waals surface area contributed by atoms with E-state index in [2.05, 4.69) is 5.32 Å². The van der Waals surface area contributed by atoms with Crippen molar-refractivity contribution in [2.75, 3.05) is 13.2 Å². The predicted octanol–water partition coefficient (Wildman–Crippen LogP) is 0.927. The zero-order chi connectivity index (χ0) is 12.4. The third-order valence-electron chi connectivity index (χ3n) is 4.65. The zero-order valence-electron chi connectivity index (χ0n) is 10.5. The number of aliphatic hydroxyl groups excluding tert-OH is 1. The van der Waals surface area contributed by atoms with Gasteiger partial charge < -0.3 is 16.2 Å². The normalized spacial score (nSPS) is 25.3. The van der Waals surface area contributed by atoms with Crippen LogP contribution in [0.2, 0.25) is 0 Å². The van der Waals surface area contributed by atoms with Gasteiger partial charge in [0.05, 0.1) is 12.1 Å². The number of hydrogen-bond donors (Lipinski definition) is 3. The van der Waals surface area contributed by atoms with Gasteiger partial charge in [0.15, 0.2) is 0 Å². The van der Waals surface area contributed by atoms with Gasteiger partial charge in [-0.2, -0.15) is 0 Å². The van der Waals surface area contributed by atoms with E-state index in [0.29, 0.717) is 13.0 Å². The van der Waals surface area contributed by atoms with Crippen molar-refractivity contribution in [1.29, 1.82) is 0 Å². The smallest absolute Gasteiger partial charge is 0.221 e. The third kappa shape index (κ3) is 2.63. The highest BCUT2D eigenvalue weighted by molar-refractivity contribution is 5.77. The molecule has 2 fully saturated rings. The molecule has 0 heterocycles. The Morgan fingerprint density at radius 3 is 2.24 bits per heavy atom.